The minimum Gasteiger partial charge on any atom is -0.479 e. The quantitative estimate of drug-likeness (QED) is 0.779. The molecule has 0 amide bonds. The summed E-state index contributed by atoms with van der Waals surface area (Å²) in [6, 6.07) is 11.6. The van der Waals surface area contributed by atoms with Crippen LogP contribution in [-0.4, -0.2) is 22.4 Å². The molecule has 0 aliphatic heterocycles. The van der Waals surface area contributed by atoms with Crippen LogP contribution in [0.2, 0.25) is 0 Å². The molecule has 0 fully saturated rings. The molecule has 0 radical (unpaired) electrons. The fourth-order valence-corrected chi connectivity index (χ4v) is 1.99. The third kappa shape index (κ3) is 1.94. The van der Waals surface area contributed by atoms with Crippen LogP contribution in [0.5, 0.6) is 5.88 Å². The van der Waals surface area contributed by atoms with E-state index in [1.165, 1.54) is 7.11 Å². The van der Waals surface area contributed by atoms with Crippen molar-refractivity contribution in [1.29, 1.82) is 0 Å². The summed E-state index contributed by atoms with van der Waals surface area (Å²) >= 11 is 0. The first kappa shape index (κ1) is 11.7. The number of benzene rings is 1. The average molecular weight is 256 g/mol. The molecule has 3 aromatic rings. The first-order valence-electron chi connectivity index (χ1n) is 5.83. The van der Waals surface area contributed by atoms with Crippen LogP contribution >= 0.6 is 0 Å². The number of nitrogens with zero attached hydrogens (tertiary/aromatic N) is 2. The molecule has 2 aromatic heterocycles. The molecule has 1 N–H and O–H groups in total. The maximum Gasteiger partial charge on any atom is 0.260 e. The van der Waals surface area contributed by atoms with Crippen molar-refractivity contribution in [2.24, 2.45) is 0 Å². The molecule has 0 bridgehead atoms. The van der Waals surface area contributed by atoms with Gasteiger partial charge < -0.3 is 14.4 Å². The van der Waals surface area contributed by atoms with Gasteiger partial charge in [-0.2, -0.15) is 0 Å². The van der Waals surface area contributed by atoms with Crippen molar-refractivity contribution in [3.05, 3.63) is 42.0 Å². The summed E-state index contributed by atoms with van der Waals surface area (Å²) in [5, 5.41) is 14.2. The minimum absolute atomic E-state index is 0.212. The molecule has 0 aliphatic rings. The molecule has 5 nitrogen and oxygen atoms in total. The first-order valence-corrected chi connectivity index (χ1v) is 5.83. The molecule has 1 aromatic carbocycles. The lowest BCUT2D eigenvalue weighted by Gasteiger charge is -2.01. The number of aliphatic hydroxyl groups excluding tert-OH is 1. The molecule has 0 saturated carbocycles. The van der Waals surface area contributed by atoms with Crippen LogP contribution in [0, 0.1) is 0 Å². The largest absolute Gasteiger partial charge is 0.479 e. The summed E-state index contributed by atoms with van der Waals surface area (Å²) in [6.07, 6.45) is 0. The summed E-state index contributed by atoms with van der Waals surface area (Å²) in [5.41, 5.74) is 1.99. The Balaban J connectivity index is 2.16. The van der Waals surface area contributed by atoms with Gasteiger partial charge in [-0.05, 0) is 17.3 Å². The Morgan fingerprint density at radius 1 is 1.21 bits per heavy atom. The fraction of sp³-hybridized carbons (Fsp3) is 0.143. The van der Waals surface area contributed by atoms with E-state index in [2.05, 4.69) is 10.1 Å². The highest BCUT2D eigenvalue weighted by atomic mass is 16.5. The maximum absolute atomic E-state index is 9.39. The zero-order chi connectivity index (χ0) is 13.2. The molecule has 0 aliphatic carbocycles. The van der Waals surface area contributed by atoms with Gasteiger partial charge in [0.1, 0.15) is 5.69 Å². The van der Waals surface area contributed by atoms with E-state index in [-0.39, 0.29) is 12.5 Å². The van der Waals surface area contributed by atoms with Gasteiger partial charge in [0.05, 0.1) is 24.8 Å². The van der Waals surface area contributed by atoms with Gasteiger partial charge in [0.15, 0.2) is 5.76 Å². The summed E-state index contributed by atoms with van der Waals surface area (Å²) in [5.74, 6) is 0.720. The van der Waals surface area contributed by atoms with Crippen LogP contribution in [0.1, 0.15) is 5.56 Å². The van der Waals surface area contributed by atoms with Gasteiger partial charge >= 0.3 is 0 Å². The van der Waals surface area contributed by atoms with Gasteiger partial charge in [-0.25, -0.2) is 4.98 Å². The summed E-state index contributed by atoms with van der Waals surface area (Å²) in [6.45, 7) is -0.212. The Kier molecular flexibility index (Phi) is 2.89. The SMILES string of the molecule is COc1noc(-c2ccc3ccccc3n2)c1CO. The number of ether oxygens (including phenoxy) is 1. The van der Waals surface area contributed by atoms with E-state index in [1.54, 1.807) is 0 Å². The average Bonchev–Trinajstić information content (AvgIpc) is 2.89. The van der Waals surface area contributed by atoms with Crippen molar-refractivity contribution >= 4 is 10.9 Å². The number of methoxy groups -OCH3 is 1. The highest BCUT2D eigenvalue weighted by Crippen LogP contribution is 2.30. The van der Waals surface area contributed by atoms with Crippen molar-refractivity contribution < 1.29 is 14.4 Å². The van der Waals surface area contributed by atoms with Crippen molar-refractivity contribution in [2.45, 2.75) is 6.61 Å². The summed E-state index contributed by atoms with van der Waals surface area (Å²) in [7, 11) is 1.48. The highest BCUT2D eigenvalue weighted by Gasteiger charge is 2.18. The predicted octanol–water partition coefficient (Wildman–Crippen LogP) is 2.39. The smallest absolute Gasteiger partial charge is 0.260 e. The predicted molar refractivity (Wildman–Crippen MR) is 69.7 cm³/mol. The van der Waals surface area contributed by atoms with E-state index in [0.29, 0.717) is 17.0 Å². The molecule has 96 valence electrons. The van der Waals surface area contributed by atoms with Crippen LogP contribution in [-0.2, 0) is 6.61 Å². The number of hydrogen-bond acceptors (Lipinski definition) is 5. The van der Waals surface area contributed by atoms with Crippen LogP contribution in [0.25, 0.3) is 22.4 Å². The Hall–Kier alpha value is -2.40. The number of aliphatic hydroxyl groups is 1. The minimum atomic E-state index is -0.212. The van der Waals surface area contributed by atoms with E-state index in [0.717, 1.165) is 10.9 Å². The molecule has 0 spiro atoms. The monoisotopic (exact) mass is 256 g/mol. The van der Waals surface area contributed by atoms with Gasteiger partial charge in [0, 0.05) is 5.39 Å². The fourth-order valence-electron chi connectivity index (χ4n) is 1.99. The number of para-hydroxylation sites is 1. The van der Waals surface area contributed by atoms with Crippen LogP contribution < -0.4 is 4.74 Å². The molecule has 0 saturated heterocycles. The Labute approximate surface area is 109 Å². The van der Waals surface area contributed by atoms with Crippen LogP contribution in [0.15, 0.2) is 40.9 Å². The molecular weight excluding hydrogens is 244 g/mol. The van der Waals surface area contributed by atoms with Crippen molar-refractivity contribution in [3.63, 3.8) is 0 Å². The highest BCUT2D eigenvalue weighted by molar-refractivity contribution is 5.81. The van der Waals surface area contributed by atoms with Crippen molar-refractivity contribution in [1.82, 2.24) is 10.1 Å². The zero-order valence-electron chi connectivity index (χ0n) is 10.3. The second kappa shape index (κ2) is 4.70. The first-order chi connectivity index (χ1) is 9.33. The van der Waals surface area contributed by atoms with E-state index >= 15 is 0 Å². The molecular formula is C14H12N2O3. The van der Waals surface area contributed by atoms with Crippen molar-refractivity contribution in [2.75, 3.05) is 7.11 Å². The second-order valence-corrected chi connectivity index (χ2v) is 4.05. The second-order valence-electron chi connectivity index (χ2n) is 4.05. The Morgan fingerprint density at radius 2 is 2.05 bits per heavy atom. The number of rotatable bonds is 3. The van der Waals surface area contributed by atoms with Gasteiger partial charge in [0.25, 0.3) is 5.88 Å². The number of aromatic nitrogens is 2. The van der Waals surface area contributed by atoms with Gasteiger partial charge in [-0.15, -0.1) is 0 Å². The van der Waals surface area contributed by atoms with Crippen LogP contribution in [0.4, 0.5) is 0 Å². The Bertz CT molecular complexity index is 722. The lowest BCUT2D eigenvalue weighted by molar-refractivity contribution is 0.273. The number of pyridine rings is 1. The van der Waals surface area contributed by atoms with E-state index in [4.69, 9.17) is 9.26 Å². The standard InChI is InChI=1S/C14H12N2O3/c1-18-14-10(8-17)13(19-16-14)12-7-6-9-4-2-3-5-11(9)15-12/h2-7,17H,8H2,1H3. The molecule has 3 rings (SSSR count). The molecule has 0 unspecified atom stereocenters. The Morgan fingerprint density at radius 3 is 2.84 bits per heavy atom. The molecule has 2 heterocycles. The third-order valence-electron chi connectivity index (χ3n) is 2.93. The van der Waals surface area contributed by atoms with Crippen LogP contribution in [0.3, 0.4) is 0 Å². The maximum atomic E-state index is 9.39. The van der Waals surface area contributed by atoms with E-state index < -0.39 is 0 Å². The normalized spacial score (nSPS) is 10.8. The number of hydrogen-bond donors (Lipinski definition) is 1. The topological polar surface area (TPSA) is 68.4 Å². The summed E-state index contributed by atoms with van der Waals surface area (Å²) < 4.78 is 10.2. The van der Waals surface area contributed by atoms with Gasteiger partial charge in [-0.1, -0.05) is 24.3 Å². The summed E-state index contributed by atoms with van der Waals surface area (Å²) in [4.78, 5) is 4.50. The third-order valence-corrected chi connectivity index (χ3v) is 2.93. The lowest BCUT2D eigenvalue weighted by Crippen LogP contribution is -1.92. The molecule has 0 atom stereocenters. The van der Waals surface area contributed by atoms with Gasteiger partial charge in [-0.3, -0.25) is 0 Å². The van der Waals surface area contributed by atoms with Crippen molar-refractivity contribution in [3.8, 4) is 17.3 Å². The zero-order valence-corrected chi connectivity index (χ0v) is 10.3. The van der Waals surface area contributed by atoms with E-state index in [1.807, 2.05) is 36.4 Å². The lowest BCUT2D eigenvalue weighted by atomic mass is 10.1. The van der Waals surface area contributed by atoms with E-state index in [9.17, 15) is 5.11 Å². The molecule has 19 heavy (non-hydrogen) atoms. The molecule has 5 heteroatoms. The number of fused-ring (bicyclic) bond motifs is 1. The van der Waals surface area contributed by atoms with Gasteiger partial charge in [0.2, 0.25) is 0 Å².